The van der Waals surface area contributed by atoms with Gasteiger partial charge in [-0.2, -0.15) is 0 Å². The van der Waals surface area contributed by atoms with Crippen molar-refractivity contribution < 1.29 is 24.2 Å². The van der Waals surface area contributed by atoms with Gasteiger partial charge in [0.2, 0.25) is 0 Å². The van der Waals surface area contributed by atoms with Crippen molar-refractivity contribution in [2.45, 2.75) is 32.0 Å². The van der Waals surface area contributed by atoms with Crippen LogP contribution in [0.3, 0.4) is 0 Å². The summed E-state index contributed by atoms with van der Waals surface area (Å²) in [4.78, 5) is 27.0. The highest BCUT2D eigenvalue weighted by atomic mass is 16.5. The Labute approximate surface area is 118 Å². The topological polar surface area (TPSA) is 79.3 Å². The second kappa shape index (κ2) is 5.97. The Hall–Kier alpha value is -1.34. The second-order valence-corrected chi connectivity index (χ2v) is 5.59. The first kappa shape index (κ1) is 15.1. The van der Waals surface area contributed by atoms with Gasteiger partial charge in [-0.05, 0) is 13.8 Å². The number of urea groups is 1. The smallest absolute Gasteiger partial charge is 0.320 e. The van der Waals surface area contributed by atoms with Gasteiger partial charge in [0.25, 0.3) is 0 Å². The third-order valence-corrected chi connectivity index (χ3v) is 4.02. The van der Waals surface area contributed by atoms with E-state index in [4.69, 9.17) is 14.6 Å². The lowest BCUT2D eigenvalue weighted by atomic mass is 10.0. The Kier molecular flexibility index (Phi) is 4.49. The summed E-state index contributed by atoms with van der Waals surface area (Å²) in [6.07, 6.45) is -0.00125. The Balaban J connectivity index is 2.05. The predicted octanol–water partition coefficient (Wildman–Crippen LogP) is 0.247. The zero-order valence-corrected chi connectivity index (χ0v) is 12.1. The Morgan fingerprint density at radius 1 is 1.25 bits per heavy atom. The van der Waals surface area contributed by atoms with Crippen LogP contribution in [0.25, 0.3) is 0 Å². The summed E-state index contributed by atoms with van der Waals surface area (Å²) >= 11 is 0. The standard InChI is InChI=1S/C13H22N2O5/c1-8-5-20-9(2)4-15(8)13(18)14(3)11-7-19-6-10(11)12(16)17/h8-11H,4-7H2,1-3H3,(H,16,17). The first-order valence-corrected chi connectivity index (χ1v) is 6.87. The fourth-order valence-corrected chi connectivity index (χ4v) is 2.67. The van der Waals surface area contributed by atoms with Crippen LogP contribution < -0.4 is 0 Å². The molecule has 0 aliphatic carbocycles. The molecule has 2 heterocycles. The van der Waals surface area contributed by atoms with Crippen molar-refractivity contribution in [1.82, 2.24) is 9.80 Å². The van der Waals surface area contributed by atoms with E-state index in [0.717, 1.165) is 0 Å². The third-order valence-electron chi connectivity index (χ3n) is 4.02. The highest BCUT2D eigenvalue weighted by Gasteiger charge is 2.40. The van der Waals surface area contributed by atoms with Crippen molar-refractivity contribution in [3.8, 4) is 0 Å². The van der Waals surface area contributed by atoms with E-state index in [1.807, 2.05) is 13.8 Å². The summed E-state index contributed by atoms with van der Waals surface area (Å²) in [5.74, 6) is -1.58. The van der Waals surface area contributed by atoms with E-state index < -0.39 is 17.9 Å². The highest BCUT2D eigenvalue weighted by Crippen LogP contribution is 2.22. The van der Waals surface area contributed by atoms with Gasteiger partial charge < -0.3 is 24.4 Å². The van der Waals surface area contributed by atoms with Crippen molar-refractivity contribution in [3.05, 3.63) is 0 Å². The third kappa shape index (κ3) is 2.88. The number of hydrogen-bond donors (Lipinski definition) is 1. The lowest BCUT2D eigenvalue weighted by Crippen LogP contribution is -2.57. The van der Waals surface area contributed by atoms with Crippen molar-refractivity contribution in [2.24, 2.45) is 5.92 Å². The van der Waals surface area contributed by atoms with Gasteiger partial charge >= 0.3 is 12.0 Å². The number of likely N-dealkylation sites (N-methyl/N-ethyl adjacent to an activating group) is 1. The first-order chi connectivity index (χ1) is 9.41. The number of ether oxygens (including phenoxy) is 2. The zero-order chi connectivity index (χ0) is 14.9. The Bertz CT molecular complexity index is 389. The van der Waals surface area contributed by atoms with Crippen molar-refractivity contribution in [3.63, 3.8) is 0 Å². The molecule has 0 bridgehead atoms. The number of carboxylic acids is 1. The lowest BCUT2D eigenvalue weighted by molar-refractivity contribution is -0.142. The molecule has 0 aromatic heterocycles. The number of hydrogen-bond acceptors (Lipinski definition) is 4. The van der Waals surface area contributed by atoms with Crippen LogP contribution in [0.2, 0.25) is 0 Å². The number of aliphatic carboxylic acids is 1. The molecule has 2 amide bonds. The summed E-state index contributed by atoms with van der Waals surface area (Å²) in [5.41, 5.74) is 0. The molecule has 2 aliphatic heterocycles. The van der Waals surface area contributed by atoms with E-state index >= 15 is 0 Å². The van der Waals surface area contributed by atoms with Gasteiger partial charge in [0.1, 0.15) is 5.92 Å². The Morgan fingerprint density at radius 2 is 1.95 bits per heavy atom. The lowest BCUT2D eigenvalue weighted by Gasteiger charge is -2.40. The number of nitrogens with zero attached hydrogens (tertiary/aromatic N) is 2. The number of carboxylic acid groups (broad SMARTS) is 1. The first-order valence-electron chi connectivity index (χ1n) is 6.87. The van der Waals surface area contributed by atoms with Gasteiger partial charge in [0.05, 0.1) is 38.0 Å². The molecule has 2 fully saturated rings. The fraction of sp³-hybridized carbons (Fsp3) is 0.846. The van der Waals surface area contributed by atoms with E-state index in [1.165, 1.54) is 4.90 Å². The summed E-state index contributed by atoms with van der Waals surface area (Å²) < 4.78 is 10.7. The Morgan fingerprint density at radius 3 is 2.60 bits per heavy atom. The summed E-state index contributed by atoms with van der Waals surface area (Å²) in [7, 11) is 1.64. The SMILES string of the molecule is CC1CN(C(=O)N(C)C2COCC2C(=O)O)C(C)CO1. The molecule has 0 aromatic carbocycles. The molecule has 0 spiro atoms. The molecule has 1 N–H and O–H groups in total. The van der Waals surface area contributed by atoms with Gasteiger partial charge in [0, 0.05) is 13.6 Å². The molecule has 2 rings (SSSR count). The average molecular weight is 286 g/mol. The van der Waals surface area contributed by atoms with Crippen LogP contribution in [-0.2, 0) is 14.3 Å². The number of rotatable bonds is 2. The molecule has 2 saturated heterocycles. The van der Waals surface area contributed by atoms with Crippen LogP contribution in [-0.4, -0.2) is 78.5 Å². The quantitative estimate of drug-likeness (QED) is 0.787. The summed E-state index contributed by atoms with van der Waals surface area (Å²) in [6, 6.07) is -0.577. The largest absolute Gasteiger partial charge is 0.481 e. The van der Waals surface area contributed by atoms with Gasteiger partial charge in [-0.25, -0.2) is 4.79 Å². The van der Waals surface area contributed by atoms with Gasteiger partial charge in [-0.15, -0.1) is 0 Å². The number of amides is 2. The van der Waals surface area contributed by atoms with E-state index in [9.17, 15) is 9.59 Å². The maximum Gasteiger partial charge on any atom is 0.320 e. The summed E-state index contributed by atoms with van der Waals surface area (Å²) in [6.45, 7) is 5.31. The molecular weight excluding hydrogens is 264 g/mol. The number of carbonyl (C=O) groups excluding carboxylic acids is 1. The molecule has 0 radical (unpaired) electrons. The molecule has 0 saturated carbocycles. The molecule has 114 valence electrons. The number of morpholine rings is 1. The van der Waals surface area contributed by atoms with Crippen molar-refractivity contribution in [2.75, 3.05) is 33.4 Å². The normalized spacial score (nSPS) is 34.0. The minimum Gasteiger partial charge on any atom is -0.481 e. The van der Waals surface area contributed by atoms with E-state index in [1.54, 1.807) is 11.9 Å². The molecule has 4 atom stereocenters. The molecule has 7 nitrogen and oxygen atoms in total. The van der Waals surface area contributed by atoms with Crippen LogP contribution >= 0.6 is 0 Å². The van der Waals surface area contributed by atoms with E-state index in [-0.39, 0.29) is 31.4 Å². The van der Waals surface area contributed by atoms with Crippen molar-refractivity contribution >= 4 is 12.0 Å². The van der Waals surface area contributed by atoms with Crippen LogP contribution in [0, 0.1) is 5.92 Å². The van der Waals surface area contributed by atoms with Crippen LogP contribution in [0.5, 0.6) is 0 Å². The number of carbonyl (C=O) groups is 2. The fourth-order valence-electron chi connectivity index (χ4n) is 2.67. The average Bonchev–Trinajstić information content (AvgIpc) is 2.89. The van der Waals surface area contributed by atoms with Gasteiger partial charge in [0.15, 0.2) is 0 Å². The molecule has 20 heavy (non-hydrogen) atoms. The van der Waals surface area contributed by atoms with Gasteiger partial charge in [-0.3, -0.25) is 4.79 Å². The summed E-state index contributed by atoms with van der Waals surface area (Å²) in [5, 5.41) is 9.17. The molecule has 7 heteroatoms. The van der Waals surface area contributed by atoms with E-state index in [0.29, 0.717) is 13.2 Å². The second-order valence-electron chi connectivity index (χ2n) is 5.59. The molecular formula is C13H22N2O5. The molecule has 2 aliphatic rings. The zero-order valence-electron chi connectivity index (χ0n) is 12.1. The van der Waals surface area contributed by atoms with Gasteiger partial charge in [-0.1, -0.05) is 0 Å². The van der Waals surface area contributed by atoms with Crippen LogP contribution in [0.1, 0.15) is 13.8 Å². The highest BCUT2D eigenvalue weighted by molar-refractivity contribution is 5.77. The van der Waals surface area contributed by atoms with Crippen LogP contribution in [0.4, 0.5) is 4.79 Å². The minimum atomic E-state index is -0.921. The van der Waals surface area contributed by atoms with E-state index in [2.05, 4.69) is 0 Å². The molecule has 0 aromatic rings. The monoisotopic (exact) mass is 286 g/mol. The van der Waals surface area contributed by atoms with Crippen molar-refractivity contribution in [1.29, 1.82) is 0 Å². The molecule has 4 unspecified atom stereocenters. The maximum atomic E-state index is 12.6. The predicted molar refractivity (Wildman–Crippen MR) is 70.5 cm³/mol. The minimum absolute atomic E-state index is 0.00125. The van der Waals surface area contributed by atoms with Crippen LogP contribution in [0.15, 0.2) is 0 Å². The maximum absolute atomic E-state index is 12.6.